The lowest BCUT2D eigenvalue weighted by Crippen LogP contribution is -2.40. The Kier molecular flexibility index (Phi) is 4.23. The van der Waals surface area contributed by atoms with Gasteiger partial charge in [0.05, 0.1) is 18.8 Å². The molecule has 0 spiro atoms. The summed E-state index contributed by atoms with van der Waals surface area (Å²) in [4.78, 5) is 14.8. The van der Waals surface area contributed by atoms with Gasteiger partial charge in [-0.25, -0.2) is 4.79 Å². The van der Waals surface area contributed by atoms with E-state index in [0.29, 0.717) is 19.3 Å². The molecule has 5 heteroatoms. The SMILES string of the molecule is CN1CCC(OC[C@@H]2CCCN2C(=O)O)CC1. The number of hydrogen-bond donors (Lipinski definition) is 1. The van der Waals surface area contributed by atoms with Crippen LogP contribution in [-0.2, 0) is 4.74 Å². The van der Waals surface area contributed by atoms with E-state index in [1.165, 1.54) is 4.90 Å². The molecule has 2 aliphatic heterocycles. The number of amides is 1. The fourth-order valence-corrected chi connectivity index (χ4v) is 2.66. The van der Waals surface area contributed by atoms with E-state index in [1.807, 2.05) is 0 Å². The minimum Gasteiger partial charge on any atom is -0.465 e. The predicted octanol–water partition coefficient (Wildman–Crippen LogP) is 1.24. The molecule has 0 aromatic rings. The Labute approximate surface area is 102 Å². The molecule has 1 amide bonds. The molecule has 0 radical (unpaired) electrons. The van der Waals surface area contributed by atoms with E-state index in [1.54, 1.807) is 0 Å². The van der Waals surface area contributed by atoms with Crippen molar-refractivity contribution in [3.63, 3.8) is 0 Å². The smallest absolute Gasteiger partial charge is 0.407 e. The molecule has 0 aromatic carbocycles. The molecule has 17 heavy (non-hydrogen) atoms. The summed E-state index contributed by atoms with van der Waals surface area (Å²) in [5.74, 6) is 0. The van der Waals surface area contributed by atoms with Gasteiger partial charge in [0.15, 0.2) is 0 Å². The first kappa shape index (κ1) is 12.6. The zero-order chi connectivity index (χ0) is 12.3. The summed E-state index contributed by atoms with van der Waals surface area (Å²) in [6.45, 7) is 3.40. The number of hydrogen-bond acceptors (Lipinski definition) is 3. The summed E-state index contributed by atoms with van der Waals surface area (Å²) in [5, 5.41) is 9.02. The molecule has 0 bridgehead atoms. The van der Waals surface area contributed by atoms with Gasteiger partial charge in [0.25, 0.3) is 0 Å². The Balaban J connectivity index is 1.72. The van der Waals surface area contributed by atoms with Gasteiger partial charge in [-0.05, 0) is 32.7 Å². The molecule has 2 aliphatic rings. The lowest BCUT2D eigenvalue weighted by molar-refractivity contribution is -0.00968. The van der Waals surface area contributed by atoms with Crippen molar-refractivity contribution in [2.45, 2.75) is 37.8 Å². The quantitative estimate of drug-likeness (QED) is 0.809. The van der Waals surface area contributed by atoms with Crippen LogP contribution in [0.1, 0.15) is 25.7 Å². The summed E-state index contributed by atoms with van der Waals surface area (Å²) in [7, 11) is 2.12. The minimum atomic E-state index is -0.806. The lowest BCUT2D eigenvalue weighted by Gasteiger charge is -2.30. The molecule has 2 saturated heterocycles. The second-order valence-electron chi connectivity index (χ2n) is 5.11. The van der Waals surface area contributed by atoms with Gasteiger partial charge in [0.1, 0.15) is 0 Å². The van der Waals surface area contributed by atoms with Crippen molar-refractivity contribution < 1.29 is 14.6 Å². The topological polar surface area (TPSA) is 53.0 Å². The van der Waals surface area contributed by atoms with Crippen molar-refractivity contribution in [3.05, 3.63) is 0 Å². The average Bonchev–Trinajstić information content (AvgIpc) is 2.76. The van der Waals surface area contributed by atoms with Crippen LogP contribution in [0, 0.1) is 0 Å². The van der Waals surface area contributed by atoms with Crippen molar-refractivity contribution in [3.8, 4) is 0 Å². The monoisotopic (exact) mass is 242 g/mol. The molecular formula is C12H22N2O3. The fraction of sp³-hybridized carbons (Fsp3) is 0.917. The van der Waals surface area contributed by atoms with Crippen molar-refractivity contribution in [2.75, 3.05) is 33.3 Å². The molecule has 2 heterocycles. The normalized spacial score (nSPS) is 27.6. The molecule has 0 aliphatic carbocycles. The Bertz CT molecular complexity index is 264. The second-order valence-corrected chi connectivity index (χ2v) is 5.11. The highest BCUT2D eigenvalue weighted by Gasteiger charge is 2.29. The Morgan fingerprint density at radius 2 is 2.00 bits per heavy atom. The second kappa shape index (κ2) is 5.69. The van der Waals surface area contributed by atoms with E-state index in [4.69, 9.17) is 9.84 Å². The van der Waals surface area contributed by atoms with Crippen molar-refractivity contribution in [1.82, 2.24) is 9.80 Å². The number of nitrogens with zero attached hydrogens (tertiary/aromatic N) is 2. The van der Waals surface area contributed by atoms with Gasteiger partial charge in [-0.2, -0.15) is 0 Å². The van der Waals surface area contributed by atoms with E-state index in [0.717, 1.165) is 38.8 Å². The van der Waals surface area contributed by atoms with Gasteiger partial charge in [-0.15, -0.1) is 0 Å². The fourth-order valence-electron chi connectivity index (χ4n) is 2.66. The van der Waals surface area contributed by atoms with Crippen LogP contribution in [0.15, 0.2) is 0 Å². The first-order valence-electron chi connectivity index (χ1n) is 6.46. The van der Waals surface area contributed by atoms with Crippen LogP contribution in [0.4, 0.5) is 4.79 Å². The summed E-state index contributed by atoms with van der Waals surface area (Å²) in [5.41, 5.74) is 0. The zero-order valence-corrected chi connectivity index (χ0v) is 10.5. The van der Waals surface area contributed by atoms with E-state index in [-0.39, 0.29) is 6.04 Å². The maximum absolute atomic E-state index is 11.0. The van der Waals surface area contributed by atoms with E-state index < -0.39 is 6.09 Å². The van der Waals surface area contributed by atoms with Crippen LogP contribution < -0.4 is 0 Å². The Morgan fingerprint density at radius 1 is 1.29 bits per heavy atom. The predicted molar refractivity (Wildman–Crippen MR) is 64.2 cm³/mol. The molecule has 1 atom stereocenters. The van der Waals surface area contributed by atoms with Crippen LogP contribution in [0.5, 0.6) is 0 Å². The summed E-state index contributed by atoms with van der Waals surface area (Å²) in [6, 6.07) is 0.0761. The van der Waals surface area contributed by atoms with Gasteiger partial charge in [-0.3, -0.25) is 0 Å². The van der Waals surface area contributed by atoms with Gasteiger partial charge >= 0.3 is 6.09 Å². The third kappa shape index (κ3) is 3.33. The number of rotatable bonds is 3. The molecule has 2 rings (SSSR count). The Morgan fingerprint density at radius 3 is 2.65 bits per heavy atom. The molecule has 2 fully saturated rings. The molecule has 0 unspecified atom stereocenters. The number of ether oxygens (including phenoxy) is 1. The standard InChI is InChI=1S/C12H22N2O3/c1-13-7-4-11(5-8-13)17-9-10-3-2-6-14(10)12(15)16/h10-11H,2-9H2,1H3,(H,15,16)/t10-/m0/s1. The van der Waals surface area contributed by atoms with Gasteiger partial charge in [0, 0.05) is 19.6 Å². The van der Waals surface area contributed by atoms with E-state index in [9.17, 15) is 4.79 Å². The first-order chi connectivity index (χ1) is 8.16. The lowest BCUT2D eigenvalue weighted by atomic mass is 10.1. The zero-order valence-electron chi connectivity index (χ0n) is 10.5. The number of piperidine rings is 1. The largest absolute Gasteiger partial charge is 0.465 e. The molecule has 5 nitrogen and oxygen atoms in total. The van der Waals surface area contributed by atoms with Gasteiger partial charge in [0.2, 0.25) is 0 Å². The van der Waals surface area contributed by atoms with Crippen LogP contribution in [0.25, 0.3) is 0 Å². The number of carboxylic acid groups (broad SMARTS) is 1. The minimum absolute atomic E-state index is 0.0761. The maximum Gasteiger partial charge on any atom is 0.407 e. The van der Waals surface area contributed by atoms with Crippen molar-refractivity contribution in [1.29, 1.82) is 0 Å². The van der Waals surface area contributed by atoms with Crippen molar-refractivity contribution in [2.24, 2.45) is 0 Å². The maximum atomic E-state index is 11.0. The first-order valence-corrected chi connectivity index (χ1v) is 6.46. The van der Waals surface area contributed by atoms with Crippen LogP contribution >= 0.6 is 0 Å². The number of carbonyl (C=O) groups is 1. The van der Waals surface area contributed by atoms with Crippen LogP contribution in [0.2, 0.25) is 0 Å². The molecule has 1 N–H and O–H groups in total. The van der Waals surface area contributed by atoms with Crippen molar-refractivity contribution >= 4 is 6.09 Å². The highest BCUT2D eigenvalue weighted by Crippen LogP contribution is 2.20. The number of likely N-dealkylation sites (tertiary alicyclic amines) is 2. The average molecular weight is 242 g/mol. The van der Waals surface area contributed by atoms with Crippen LogP contribution in [-0.4, -0.2) is 66.4 Å². The molecule has 98 valence electrons. The summed E-state index contributed by atoms with van der Waals surface area (Å²) < 4.78 is 5.86. The van der Waals surface area contributed by atoms with E-state index in [2.05, 4.69) is 11.9 Å². The highest BCUT2D eigenvalue weighted by molar-refractivity contribution is 5.65. The van der Waals surface area contributed by atoms with Crippen LogP contribution in [0.3, 0.4) is 0 Å². The van der Waals surface area contributed by atoms with E-state index >= 15 is 0 Å². The third-order valence-electron chi connectivity index (χ3n) is 3.81. The third-order valence-corrected chi connectivity index (χ3v) is 3.81. The molecule has 0 saturated carbocycles. The van der Waals surface area contributed by atoms with Gasteiger partial charge in [-0.1, -0.05) is 0 Å². The highest BCUT2D eigenvalue weighted by atomic mass is 16.5. The summed E-state index contributed by atoms with van der Waals surface area (Å²) >= 11 is 0. The molecule has 0 aromatic heterocycles. The summed E-state index contributed by atoms with van der Waals surface area (Å²) in [6.07, 6.45) is 3.56. The van der Waals surface area contributed by atoms with Gasteiger partial charge < -0.3 is 19.6 Å². The molecular weight excluding hydrogens is 220 g/mol. The Hall–Kier alpha value is -0.810.